The van der Waals surface area contributed by atoms with E-state index < -0.39 is 15.4 Å². The Hall–Kier alpha value is -0.590. The SMILES string of the molecule is C=CCC(I)(C(=O)OCC)C(=O)OCC. The number of carbonyl (C=O) groups is 2. The molecule has 0 saturated heterocycles. The zero-order chi connectivity index (χ0) is 11.9. The highest BCUT2D eigenvalue weighted by Crippen LogP contribution is 2.27. The van der Waals surface area contributed by atoms with Gasteiger partial charge in [0.05, 0.1) is 13.2 Å². The third kappa shape index (κ3) is 3.81. The summed E-state index contributed by atoms with van der Waals surface area (Å²) in [7, 11) is 0. The molecule has 0 aromatic rings. The monoisotopic (exact) mass is 326 g/mol. The van der Waals surface area contributed by atoms with Gasteiger partial charge in [-0.1, -0.05) is 28.7 Å². The fourth-order valence-electron chi connectivity index (χ4n) is 0.940. The lowest BCUT2D eigenvalue weighted by Gasteiger charge is -2.21. The molecule has 4 nitrogen and oxygen atoms in total. The van der Waals surface area contributed by atoms with Gasteiger partial charge in [-0.05, 0) is 13.8 Å². The number of hydrogen-bond donors (Lipinski definition) is 0. The predicted octanol–water partition coefficient (Wildman–Crippen LogP) is 1.86. The normalized spacial score (nSPS) is 10.6. The molecule has 0 amide bonds. The highest BCUT2D eigenvalue weighted by Gasteiger charge is 2.45. The summed E-state index contributed by atoms with van der Waals surface area (Å²) >= 11 is 1.75. The van der Waals surface area contributed by atoms with Gasteiger partial charge in [0, 0.05) is 6.42 Å². The minimum atomic E-state index is -1.30. The average molecular weight is 326 g/mol. The van der Waals surface area contributed by atoms with Gasteiger partial charge >= 0.3 is 11.9 Å². The third-order valence-corrected chi connectivity index (χ3v) is 2.94. The standard InChI is InChI=1S/C10H15IO4/c1-4-7-10(11,8(12)14-5-2)9(13)15-6-3/h4H,1,5-7H2,2-3H3. The van der Waals surface area contributed by atoms with Gasteiger partial charge in [0.1, 0.15) is 0 Å². The maximum atomic E-state index is 11.6. The van der Waals surface area contributed by atoms with Crippen LogP contribution < -0.4 is 0 Å². The van der Waals surface area contributed by atoms with Crippen molar-refractivity contribution in [3.63, 3.8) is 0 Å². The molecule has 0 atom stereocenters. The number of ether oxygens (including phenoxy) is 2. The van der Waals surface area contributed by atoms with Crippen LogP contribution in [0.1, 0.15) is 20.3 Å². The summed E-state index contributed by atoms with van der Waals surface area (Å²) in [4.78, 5) is 23.2. The van der Waals surface area contributed by atoms with E-state index in [4.69, 9.17) is 9.47 Å². The van der Waals surface area contributed by atoms with Gasteiger partial charge in [0.15, 0.2) is 0 Å². The Kier molecular flexibility index (Phi) is 6.55. The van der Waals surface area contributed by atoms with Crippen LogP contribution >= 0.6 is 22.6 Å². The molecule has 86 valence electrons. The lowest BCUT2D eigenvalue weighted by Crippen LogP contribution is -2.42. The number of allylic oxidation sites excluding steroid dienone is 1. The number of alkyl halides is 1. The van der Waals surface area contributed by atoms with Crippen molar-refractivity contribution < 1.29 is 19.1 Å². The molecular weight excluding hydrogens is 311 g/mol. The van der Waals surface area contributed by atoms with Gasteiger partial charge in [0.2, 0.25) is 3.42 Å². The Labute approximate surface area is 103 Å². The number of esters is 2. The van der Waals surface area contributed by atoms with Crippen LogP contribution in [0.5, 0.6) is 0 Å². The summed E-state index contributed by atoms with van der Waals surface area (Å²) in [5, 5.41) is 0. The van der Waals surface area contributed by atoms with Crippen molar-refractivity contribution in [1.29, 1.82) is 0 Å². The van der Waals surface area contributed by atoms with Crippen molar-refractivity contribution in [3.05, 3.63) is 12.7 Å². The summed E-state index contributed by atoms with van der Waals surface area (Å²) in [6, 6.07) is 0. The van der Waals surface area contributed by atoms with Crippen molar-refractivity contribution in [2.75, 3.05) is 13.2 Å². The average Bonchev–Trinajstić information content (AvgIpc) is 2.18. The summed E-state index contributed by atoms with van der Waals surface area (Å²) in [6.07, 6.45) is 1.70. The molecule has 0 aromatic carbocycles. The second kappa shape index (κ2) is 6.81. The highest BCUT2D eigenvalue weighted by atomic mass is 127. The van der Waals surface area contributed by atoms with Crippen LogP contribution in [0.15, 0.2) is 12.7 Å². The molecule has 5 heteroatoms. The smallest absolute Gasteiger partial charge is 0.333 e. The quantitative estimate of drug-likeness (QED) is 0.246. The van der Waals surface area contributed by atoms with Crippen molar-refractivity contribution in [3.8, 4) is 0 Å². The topological polar surface area (TPSA) is 52.6 Å². The van der Waals surface area contributed by atoms with Gasteiger partial charge in [0.25, 0.3) is 0 Å². The summed E-state index contributed by atoms with van der Waals surface area (Å²) < 4.78 is 8.36. The van der Waals surface area contributed by atoms with Crippen molar-refractivity contribution >= 4 is 34.5 Å². The first-order chi connectivity index (χ1) is 7.02. The number of halogens is 1. The molecule has 15 heavy (non-hydrogen) atoms. The van der Waals surface area contributed by atoms with E-state index in [0.717, 1.165) is 0 Å². The fourth-order valence-corrected chi connectivity index (χ4v) is 1.56. The molecule has 0 aliphatic rings. The molecule has 0 rings (SSSR count). The van der Waals surface area contributed by atoms with Crippen LogP contribution in [0.2, 0.25) is 0 Å². The number of rotatable bonds is 6. The van der Waals surface area contributed by atoms with Crippen LogP contribution in [0.3, 0.4) is 0 Å². The first-order valence-corrected chi connectivity index (χ1v) is 5.75. The summed E-state index contributed by atoms with van der Waals surface area (Å²) in [5.74, 6) is -1.16. The second-order valence-corrected chi connectivity index (χ2v) is 4.58. The lowest BCUT2D eigenvalue weighted by molar-refractivity contribution is -0.157. The van der Waals surface area contributed by atoms with Gasteiger partial charge in [-0.3, -0.25) is 0 Å². The second-order valence-electron chi connectivity index (χ2n) is 2.73. The minimum Gasteiger partial charge on any atom is -0.465 e. The minimum absolute atomic E-state index is 0.200. The third-order valence-electron chi connectivity index (χ3n) is 1.62. The fraction of sp³-hybridized carbons (Fsp3) is 0.600. The van der Waals surface area contributed by atoms with E-state index in [1.165, 1.54) is 6.08 Å². The molecule has 0 bridgehead atoms. The maximum absolute atomic E-state index is 11.6. The van der Waals surface area contributed by atoms with E-state index in [2.05, 4.69) is 6.58 Å². The predicted molar refractivity (Wildman–Crippen MR) is 64.8 cm³/mol. The first kappa shape index (κ1) is 14.4. The van der Waals surface area contributed by atoms with Crippen molar-refractivity contribution in [2.24, 2.45) is 0 Å². The first-order valence-electron chi connectivity index (χ1n) is 4.67. The largest absolute Gasteiger partial charge is 0.465 e. The molecular formula is C10H15IO4. The van der Waals surface area contributed by atoms with E-state index in [1.54, 1.807) is 36.4 Å². The zero-order valence-corrected chi connectivity index (χ0v) is 11.1. The van der Waals surface area contributed by atoms with E-state index >= 15 is 0 Å². The van der Waals surface area contributed by atoms with Crippen LogP contribution in [0.25, 0.3) is 0 Å². The van der Waals surface area contributed by atoms with E-state index in [-0.39, 0.29) is 19.6 Å². The summed E-state index contributed by atoms with van der Waals surface area (Å²) in [5.41, 5.74) is 0. The lowest BCUT2D eigenvalue weighted by atomic mass is 10.1. The maximum Gasteiger partial charge on any atom is 0.333 e. The van der Waals surface area contributed by atoms with Crippen LogP contribution in [-0.2, 0) is 19.1 Å². The Bertz CT molecular complexity index is 232. The molecule has 0 aliphatic heterocycles. The van der Waals surface area contributed by atoms with Gasteiger partial charge in [-0.15, -0.1) is 6.58 Å². The Morgan fingerprint density at radius 1 is 1.27 bits per heavy atom. The number of carbonyl (C=O) groups excluding carboxylic acids is 2. The van der Waals surface area contributed by atoms with Crippen LogP contribution in [0.4, 0.5) is 0 Å². The molecule has 0 spiro atoms. The van der Waals surface area contributed by atoms with E-state index in [1.807, 2.05) is 0 Å². The van der Waals surface area contributed by atoms with E-state index in [9.17, 15) is 9.59 Å². The van der Waals surface area contributed by atoms with Crippen molar-refractivity contribution in [2.45, 2.75) is 23.7 Å². The van der Waals surface area contributed by atoms with Gasteiger partial charge in [-0.25, -0.2) is 9.59 Å². The molecule has 0 fully saturated rings. The van der Waals surface area contributed by atoms with Gasteiger partial charge in [-0.2, -0.15) is 0 Å². The molecule has 0 heterocycles. The van der Waals surface area contributed by atoms with E-state index in [0.29, 0.717) is 0 Å². The van der Waals surface area contributed by atoms with Crippen molar-refractivity contribution in [1.82, 2.24) is 0 Å². The Morgan fingerprint density at radius 2 is 1.67 bits per heavy atom. The highest BCUT2D eigenvalue weighted by molar-refractivity contribution is 14.1. The number of hydrogen-bond acceptors (Lipinski definition) is 4. The Balaban J connectivity index is 4.78. The molecule has 0 N–H and O–H groups in total. The van der Waals surface area contributed by atoms with Crippen LogP contribution in [-0.4, -0.2) is 28.6 Å². The Morgan fingerprint density at radius 3 is 1.93 bits per heavy atom. The zero-order valence-electron chi connectivity index (χ0n) is 8.92. The molecule has 0 saturated carbocycles. The summed E-state index contributed by atoms with van der Waals surface area (Å²) in [6.45, 7) is 7.36. The molecule has 0 radical (unpaired) electrons. The molecule has 0 aromatic heterocycles. The molecule has 0 unspecified atom stereocenters. The van der Waals surface area contributed by atoms with Gasteiger partial charge < -0.3 is 9.47 Å². The van der Waals surface area contributed by atoms with Crippen LogP contribution in [0, 0.1) is 0 Å². The molecule has 0 aliphatic carbocycles.